The predicted molar refractivity (Wildman–Crippen MR) is 93.1 cm³/mol. The van der Waals surface area contributed by atoms with Gasteiger partial charge in [0, 0.05) is 45.4 Å². The number of nitrogens with zero attached hydrogens (tertiary/aromatic N) is 2. The third-order valence-electron chi connectivity index (χ3n) is 4.81. The maximum absolute atomic E-state index is 5.64. The Balaban J connectivity index is 1.37. The van der Waals surface area contributed by atoms with E-state index >= 15 is 0 Å². The van der Waals surface area contributed by atoms with Crippen molar-refractivity contribution in [2.75, 3.05) is 50.8 Å². The molecule has 4 nitrogen and oxygen atoms in total. The van der Waals surface area contributed by atoms with E-state index in [2.05, 4.69) is 26.9 Å². The van der Waals surface area contributed by atoms with E-state index < -0.39 is 0 Å². The van der Waals surface area contributed by atoms with Crippen LogP contribution in [0.1, 0.15) is 25.7 Å². The van der Waals surface area contributed by atoms with Crippen molar-refractivity contribution in [2.45, 2.75) is 37.8 Å². The van der Waals surface area contributed by atoms with Crippen LogP contribution in [-0.4, -0.2) is 77.9 Å². The van der Waals surface area contributed by atoms with Crippen LogP contribution in [0.2, 0.25) is 0 Å². The normalized spacial score (nSPS) is 28.8. The molecular formula is C15H27N3OS2. The van der Waals surface area contributed by atoms with Gasteiger partial charge in [0.05, 0.1) is 6.10 Å². The molecule has 0 aromatic heterocycles. The average Bonchev–Trinajstić information content (AvgIpc) is 3.07. The van der Waals surface area contributed by atoms with E-state index in [-0.39, 0.29) is 0 Å². The van der Waals surface area contributed by atoms with Gasteiger partial charge in [-0.15, -0.1) is 0 Å². The van der Waals surface area contributed by atoms with E-state index in [1.54, 1.807) is 0 Å². The predicted octanol–water partition coefficient (Wildman–Crippen LogP) is 1.55. The first-order chi connectivity index (χ1) is 10.3. The Bertz CT molecular complexity index is 336. The fourth-order valence-electron chi connectivity index (χ4n) is 3.46. The van der Waals surface area contributed by atoms with Crippen molar-refractivity contribution in [3.05, 3.63) is 0 Å². The minimum absolute atomic E-state index is 0.365. The van der Waals surface area contributed by atoms with E-state index in [9.17, 15) is 0 Å². The zero-order valence-corrected chi connectivity index (χ0v) is 14.4. The largest absolute Gasteiger partial charge is 0.376 e. The van der Waals surface area contributed by atoms with Crippen LogP contribution in [0.4, 0.5) is 0 Å². The second-order valence-corrected chi connectivity index (χ2v) is 7.80. The first kappa shape index (κ1) is 15.8. The molecule has 21 heavy (non-hydrogen) atoms. The van der Waals surface area contributed by atoms with Gasteiger partial charge >= 0.3 is 0 Å². The van der Waals surface area contributed by atoms with Crippen molar-refractivity contribution in [3.63, 3.8) is 0 Å². The van der Waals surface area contributed by atoms with Crippen molar-refractivity contribution in [2.24, 2.45) is 0 Å². The van der Waals surface area contributed by atoms with Crippen LogP contribution in [0.3, 0.4) is 0 Å². The monoisotopic (exact) mass is 329 g/mol. The summed E-state index contributed by atoms with van der Waals surface area (Å²) in [6, 6.07) is 0.821. The summed E-state index contributed by atoms with van der Waals surface area (Å²) >= 11 is 7.65. The Labute approximate surface area is 137 Å². The highest BCUT2D eigenvalue weighted by Crippen LogP contribution is 2.22. The lowest BCUT2D eigenvalue weighted by atomic mass is 10.1. The zero-order chi connectivity index (χ0) is 14.5. The molecule has 1 atom stereocenters. The van der Waals surface area contributed by atoms with Crippen molar-refractivity contribution >= 4 is 29.1 Å². The molecule has 3 heterocycles. The third kappa shape index (κ3) is 4.47. The van der Waals surface area contributed by atoms with Crippen LogP contribution in [0.5, 0.6) is 0 Å². The third-order valence-corrected chi connectivity index (χ3v) is 6.26. The van der Waals surface area contributed by atoms with E-state index in [0.717, 1.165) is 50.5 Å². The molecule has 0 radical (unpaired) electrons. The Morgan fingerprint density at radius 2 is 1.90 bits per heavy atom. The molecule has 6 heteroatoms. The number of thioether (sulfide) groups is 1. The highest BCUT2D eigenvalue weighted by molar-refractivity contribution is 7.99. The Morgan fingerprint density at radius 3 is 2.57 bits per heavy atom. The molecule has 0 amide bonds. The van der Waals surface area contributed by atoms with E-state index in [4.69, 9.17) is 17.0 Å². The number of piperazine rings is 1. The van der Waals surface area contributed by atoms with E-state index in [1.807, 2.05) is 0 Å². The zero-order valence-electron chi connectivity index (χ0n) is 12.8. The van der Waals surface area contributed by atoms with Gasteiger partial charge in [-0.25, -0.2) is 0 Å². The van der Waals surface area contributed by atoms with Gasteiger partial charge in [0.25, 0.3) is 0 Å². The minimum Gasteiger partial charge on any atom is -0.376 e. The van der Waals surface area contributed by atoms with E-state index in [0.29, 0.717) is 6.10 Å². The average molecular weight is 330 g/mol. The summed E-state index contributed by atoms with van der Waals surface area (Å²) in [6.45, 7) is 6.26. The summed E-state index contributed by atoms with van der Waals surface area (Å²) in [7, 11) is 0. The molecular weight excluding hydrogens is 302 g/mol. The Hall–Kier alpha value is -0.0400. The SMILES string of the molecule is S=C(NC[C@H]1CCCO1)N1CCN(C2CCSCC2)CC1. The lowest BCUT2D eigenvalue weighted by molar-refractivity contribution is 0.110. The fourth-order valence-corrected chi connectivity index (χ4v) is 4.81. The minimum atomic E-state index is 0.365. The van der Waals surface area contributed by atoms with Crippen LogP contribution >= 0.6 is 24.0 Å². The molecule has 0 aliphatic carbocycles. The van der Waals surface area contributed by atoms with Crippen LogP contribution < -0.4 is 5.32 Å². The van der Waals surface area contributed by atoms with Crippen molar-refractivity contribution in [3.8, 4) is 0 Å². The number of thiocarbonyl (C=S) groups is 1. The maximum Gasteiger partial charge on any atom is 0.169 e. The van der Waals surface area contributed by atoms with Gasteiger partial charge in [-0.3, -0.25) is 4.90 Å². The summed E-state index contributed by atoms with van der Waals surface area (Å²) in [5.74, 6) is 2.68. The van der Waals surface area contributed by atoms with Gasteiger partial charge in [-0.05, 0) is 49.4 Å². The summed E-state index contributed by atoms with van der Waals surface area (Å²) in [4.78, 5) is 5.01. The molecule has 0 saturated carbocycles. The molecule has 3 fully saturated rings. The summed E-state index contributed by atoms with van der Waals surface area (Å²) in [6.07, 6.45) is 5.46. The quantitative estimate of drug-likeness (QED) is 0.790. The van der Waals surface area contributed by atoms with Gasteiger partial charge in [0.2, 0.25) is 0 Å². The molecule has 0 unspecified atom stereocenters. The first-order valence-electron chi connectivity index (χ1n) is 8.29. The highest BCUT2D eigenvalue weighted by Gasteiger charge is 2.26. The number of ether oxygens (including phenoxy) is 1. The number of hydrogen-bond acceptors (Lipinski definition) is 4. The van der Waals surface area contributed by atoms with Crippen LogP contribution in [0, 0.1) is 0 Å². The summed E-state index contributed by atoms with van der Waals surface area (Å²) in [5.41, 5.74) is 0. The maximum atomic E-state index is 5.64. The van der Waals surface area contributed by atoms with Crippen LogP contribution in [0.15, 0.2) is 0 Å². The first-order valence-corrected chi connectivity index (χ1v) is 9.85. The van der Waals surface area contributed by atoms with Crippen LogP contribution in [-0.2, 0) is 4.74 Å². The smallest absolute Gasteiger partial charge is 0.169 e. The molecule has 3 aliphatic rings. The fraction of sp³-hybridized carbons (Fsp3) is 0.933. The number of nitrogens with one attached hydrogen (secondary N) is 1. The molecule has 1 N–H and O–H groups in total. The second kappa shape index (κ2) is 7.99. The number of hydrogen-bond donors (Lipinski definition) is 1. The Kier molecular flexibility index (Phi) is 6.03. The molecule has 3 rings (SSSR count). The molecule has 0 spiro atoms. The Morgan fingerprint density at radius 1 is 1.14 bits per heavy atom. The van der Waals surface area contributed by atoms with Gasteiger partial charge in [0.15, 0.2) is 5.11 Å². The molecule has 3 aliphatic heterocycles. The van der Waals surface area contributed by atoms with Crippen molar-refractivity contribution < 1.29 is 4.74 Å². The van der Waals surface area contributed by atoms with Gasteiger partial charge in [-0.2, -0.15) is 11.8 Å². The molecule has 0 aromatic rings. The molecule has 3 saturated heterocycles. The molecule has 0 aromatic carbocycles. The lowest BCUT2D eigenvalue weighted by Gasteiger charge is -2.41. The molecule has 0 bridgehead atoms. The molecule has 120 valence electrons. The van der Waals surface area contributed by atoms with Crippen molar-refractivity contribution in [1.29, 1.82) is 0 Å². The summed E-state index contributed by atoms with van der Waals surface area (Å²) in [5, 5.41) is 4.32. The van der Waals surface area contributed by atoms with E-state index in [1.165, 1.54) is 37.2 Å². The number of rotatable bonds is 3. The standard InChI is InChI=1S/C15H27N3OS2/c20-15(16-12-14-2-1-9-19-14)18-7-5-17(6-8-18)13-3-10-21-11-4-13/h13-14H,1-12H2,(H,16,20)/t14-/m1/s1. The van der Waals surface area contributed by atoms with Gasteiger partial charge < -0.3 is 15.0 Å². The summed E-state index contributed by atoms with van der Waals surface area (Å²) < 4.78 is 5.64. The van der Waals surface area contributed by atoms with Crippen molar-refractivity contribution in [1.82, 2.24) is 15.1 Å². The highest BCUT2D eigenvalue weighted by atomic mass is 32.2. The van der Waals surface area contributed by atoms with Gasteiger partial charge in [0.1, 0.15) is 0 Å². The second-order valence-electron chi connectivity index (χ2n) is 6.19. The topological polar surface area (TPSA) is 27.7 Å². The van der Waals surface area contributed by atoms with Crippen LogP contribution in [0.25, 0.3) is 0 Å². The van der Waals surface area contributed by atoms with Gasteiger partial charge in [-0.1, -0.05) is 0 Å². The lowest BCUT2D eigenvalue weighted by Crippen LogP contribution is -2.55.